The summed E-state index contributed by atoms with van der Waals surface area (Å²) in [5.74, 6) is 1.99. The van der Waals surface area contributed by atoms with Gasteiger partial charge in [-0.1, -0.05) is 6.92 Å². The number of nitrogens with one attached hydrogen (secondary N) is 1. The van der Waals surface area contributed by atoms with Crippen molar-refractivity contribution >= 4 is 23.0 Å². The van der Waals surface area contributed by atoms with E-state index in [1.807, 2.05) is 19.2 Å². The number of aryl methyl sites for hydroxylation is 1. The molecule has 0 aromatic carbocycles. The van der Waals surface area contributed by atoms with Crippen molar-refractivity contribution < 1.29 is 0 Å². The summed E-state index contributed by atoms with van der Waals surface area (Å²) in [6.07, 6.45) is 2.56. The topological polar surface area (TPSA) is 76.7 Å². The first-order valence-electron chi connectivity index (χ1n) is 5.48. The lowest BCUT2D eigenvalue weighted by Gasteiger charge is -2.12. The van der Waals surface area contributed by atoms with Crippen LogP contribution in [0.15, 0.2) is 17.6 Å². The molecule has 2 rings (SSSR count). The van der Waals surface area contributed by atoms with Crippen molar-refractivity contribution in [1.82, 2.24) is 15.0 Å². The molecule has 17 heavy (non-hydrogen) atoms. The molecule has 0 radical (unpaired) electrons. The van der Waals surface area contributed by atoms with Gasteiger partial charge >= 0.3 is 0 Å². The van der Waals surface area contributed by atoms with Gasteiger partial charge in [-0.3, -0.25) is 0 Å². The standard InChI is InChI=1S/C11H15N5S/c1-3-9-15-8(12)6-10(16-9)14-7(2)11-13-4-5-17-11/h4-7H,3H2,1-2H3,(H3,12,14,15,16). The summed E-state index contributed by atoms with van der Waals surface area (Å²) in [5.41, 5.74) is 5.73. The van der Waals surface area contributed by atoms with E-state index in [-0.39, 0.29) is 6.04 Å². The predicted octanol–water partition coefficient (Wildman–Crippen LogP) is 2.25. The Morgan fingerprint density at radius 2 is 2.29 bits per heavy atom. The number of nitrogens with two attached hydrogens (primary N) is 1. The summed E-state index contributed by atoms with van der Waals surface area (Å²) in [6.45, 7) is 4.05. The van der Waals surface area contributed by atoms with Crippen molar-refractivity contribution in [3.05, 3.63) is 28.5 Å². The Morgan fingerprint density at radius 3 is 2.94 bits per heavy atom. The fourth-order valence-corrected chi connectivity index (χ4v) is 2.13. The van der Waals surface area contributed by atoms with E-state index in [0.717, 1.165) is 23.1 Å². The van der Waals surface area contributed by atoms with Crippen LogP contribution in [0, 0.1) is 0 Å². The van der Waals surface area contributed by atoms with Gasteiger partial charge in [-0.25, -0.2) is 15.0 Å². The minimum Gasteiger partial charge on any atom is -0.384 e. The molecular formula is C11H15N5S. The zero-order chi connectivity index (χ0) is 12.3. The lowest BCUT2D eigenvalue weighted by atomic mass is 10.3. The largest absolute Gasteiger partial charge is 0.384 e. The lowest BCUT2D eigenvalue weighted by molar-refractivity contribution is 0.848. The molecule has 1 unspecified atom stereocenters. The summed E-state index contributed by atoms with van der Waals surface area (Å²) < 4.78 is 0. The molecule has 0 fully saturated rings. The summed E-state index contributed by atoms with van der Waals surface area (Å²) in [6, 6.07) is 1.86. The maximum Gasteiger partial charge on any atom is 0.132 e. The smallest absolute Gasteiger partial charge is 0.132 e. The number of aromatic nitrogens is 3. The van der Waals surface area contributed by atoms with E-state index in [4.69, 9.17) is 5.73 Å². The Bertz CT molecular complexity index is 483. The molecule has 2 heterocycles. The molecule has 2 aromatic heterocycles. The number of nitrogen functional groups attached to an aromatic ring is 1. The van der Waals surface area contributed by atoms with Crippen LogP contribution in [0.25, 0.3) is 0 Å². The Labute approximate surface area is 104 Å². The molecule has 0 aliphatic rings. The van der Waals surface area contributed by atoms with E-state index >= 15 is 0 Å². The van der Waals surface area contributed by atoms with Crippen LogP contribution in [-0.4, -0.2) is 15.0 Å². The van der Waals surface area contributed by atoms with Crippen molar-refractivity contribution in [3.8, 4) is 0 Å². The Hall–Kier alpha value is -1.69. The SMILES string of the molecule is CCc1nc(N)cc(NC(C)c2nccs2)n1. The Kier molecular flexibility index (Phi) is 3.53. The second-order valence-electron chi connectivity index (χ2n) is 3.68. The molecule has 1 atom stereocenters. The highest BCUT2D eigenvalue weighted by Crippen LogP contribution is 2.20. The van der Waals surface area contributed by atoms with Crippen LogP contribution in [-0.2, 0) is 6.42 Å². The molecule has 6 heteroatoms. The molecule has 2 aromatic rings. The van der Waals surface area contributed by atoms with E-state index in [9.17, 15) is 0 Å². The van der Waals surface area contributed by atoms with Crippen LogP contribution in [0.1, 0.15) is 30.7 Å². The summed E-state index contributed by atoms with van der Waals surface area (Å²) in [7, 11) is 0. The van der Waals surface area contributed by atoms with Gasteiger partial charge in [0, 0.05) is 24.1 Å². The van der Waals surface area contributed by atoms with Crippen LogP contribution in [0.2, 0.25) is 0 Å². The summed E-state index contributed by atoms with van der Waals surface area (Å²) >= 11 is 1.62. The van der Waals surface area contributed by atoms with Crippen LogP contribution < -0.4 is 11.1 Å². The molecule has 90 valence electrons. The van der Waals surface area contributed by atoms with E-state index in [2.05, 4.69) is 20.3 Å². The van der Waals surface area contributed by atoms with Gasteiger partial charge in [0.15, 0.2) is 0 Å². The van der Waals surface area contributed by atoms with E-state index in [1.165, 1.54) is 0 Å². The van der Waals surface area contributed by atoms with Gasteiger partial charge in [0.25, 0.3) is 0 Å². The highest BCUT2D eigenvalue weighted by molar-refractivity contribution is 7.09. The molecular weight excluding hydrogens is 234 g/mol. The molecule has 0 spiro atoms. The van der Waals surface area contributed by atoms with Crippen molar-refractivity contribution in [2.45, 2.75) is 26.3 Å². The van der Waals surface area contributed by atoms with Crippen LogP contribution in [0.4, 0.5) is 11.6 Å². The predicted molar refractivity (Wildman–Crippen MR) is 70.0 cm³/mol. The van der Waals surface area contributed by atoms with E-state index < -0.39 is 0 Å². The number of hydrogen-bond donors (Lipinski definition) is 2. The third-order valence-electron chi connectivity index (χ3n) is 2.29. The Balaban J connectivity index is 2.15. The third kappa shape index (κ3) is 2.91. The monoisotopic (exact) mass is 249 g/mol. The van der Waals surface area contributed by atoms with Crippen LogP contribution in [0.3, 0.4) is 0 Å². The molecule has 0 aliphatic heterocycles. The number of hydrogen-bond acceptors (Lipinski definition) is 6. The molecule has 0 bridgehead atoms. The Morgan fingerprint density at radius 1 is 1.47 bits per heavy atom. The minimum atomic E-state index is 0.119. The molecule has 0 aliphatic carbocycles. The van der Waals surface area contributed by atoms with Crippen molar-refractivity contribution in [3.63, 3.8) is 0 Å². The van der Waals surface area contributed by atoms with Gasteiger partial charge in [0.05, 0.1) is 6.04 Å². The quantitative estimate of drug-likeness (QED) is 0.869. The minimum absolute atomic E-state index is 0.119. The van der Waals surface area contributed by atoms with Crippen molar-refractivity contribution in [2.75, 3.05) is 11.1 Å². The van der Waals surface area contributed by atoms with Crippen LogP contribution in [0.5, 0.6) is 0 Å². The number of nitrogens with zero attached hydrogens (tertiary/aromatic N) is 3. The number of rotatable bonds is 4. The zero-order valence-corrected chi connectivity index (χ0v) is 10.7. The molecule has 3 N–H and O–H groups in total. The summed E-state index contributed by atoms with van der Waals surface area (Å²) in [5, 5.41) is 6.26. The number of thiazole rings is 1. The van der Waals surface area contributed by atoms with Crippen molar-refractivity contribution in [2.24, 2.45) is 0 Å². The second-order valence-corrected chi connectivity index (χ2v) is 4.61. The van der Waals surface area contributed by atoms with E-state index in [0.29, 0.717) is 5.82 Å². The summed E-state index contributed by atoms with van der Waals surface area (Å²) in [4.78, 5) is 12.8. The first kappa shape index (κ1) is 11.8. The number of anilines is 2. The first-order chi connectivity index (χ1) is 8.19. The van der Waals surface area contributed by atoms with Gasteiger partial charge < -0.3 is 11.1 Å². The maximum atomic E-state index is 5.73. The van der Waals surface area contributed by atoms with Crippen molar-refractivity contribution in [1.29, 1.82) is 0 Å². The highest BCUT2D eigenvalue weighted by Gasteiger charge is 2.09. The van der Waals surface area contributed by atoms with Gasteiger partial charge in [-0.2, -0.15) is 0 Å². The first-order valence-corrected chi connectivity index (χ1v) is 6.36. The zero-order valence-electron chi connectivity index (χ0n) is 9.84. The van der Waals surface area contributed by atoms with Gasteiger partial charge in [-0.15, -0.1) is 11.3 Å². The third-order valence-corrected chi connectivity index (χ3v) is 3.25. The van der Waals surface area contributed by atoms with E-state index in [1.54, 1.807) is 23.6 Å². The van der Waals surface area contributed by atoms with Gasteiger partial charge in [-0.05, 0) is 6.92 Å². The van der Waals surface area contributed by atoms with Gasteiger partial charge in [0.2, 0.25) is 0 Å². The molecule has 0 saturated carbocycles. The maximum absolute atomic E-state index is 5.73. The fourth-order valence-electron chi connectivity index (χ4n) is 1.48. The average molecular weight is 249 g/mol. The normalized spacial score (nSPS) is 12.4. The van der Waals surface area contributed by atoms with Crippen LogP contribution >= 0.6 is 11.3 Å². The van der Waals surface area contributed by atoms with Gasteiger partial charge in [0.1, 0.15) is 22.5 Å². The average Bonchev–Trinajstić information content (AvgIpc) is 2.81. The fraction of sp³-hybridized carbons (Fsp3) is 0.364. The molecule has 0 saturated heterocycles. The highest BCUT2D eigenvalue weighted by atomic mass is 32.1. The lowest BCUT2D eigenvalue weighted by Crippen LogP contribution is -2.10. The molecule has 0 amide bonds. The second kappa shape index (κ2) is 5.09. The molecule has 5 nitrogen and oxygen atoms in total.